The molecule has 6 nitrogen and oxygen atoms in total. The van der Waals surface area contributed by atoms with Crippen molar-refractivity contribution in [2.75, 3.05) is 26.2 Å². The van der Waals surface area contributed by atoms with E-state index in [9.17, 15) is 13.2 Å². The lowest BCUT2D eigenvalue weighted by atomic mass is 10.2. The quantitative estimate of drug-likeness (QED) is 0.686. The van der Waals surface area contributed by atoms with Crippen LogP contribution in [0, 0.1) is 0 Å². The lowest BCUT2D eigenvalue weighted by Crippen LogP contribution is -2.50. The van der Waals surface area contributed by atoms with Gasteiger partial charge in [0, 0.05) is 31.7 Å². The van der Waals surface area contributed by atoms with Crippen molar-refractivity contribution in [3.05, 3.63) is 46.8 Å². The van der Waals surface area contributed by atoms with Crippen LogP contribution in [-0.2, 0) is 10.0 Å². The zero-order chi connectivity index (χ0) is 17.4. The molecule has 1 aliphatic heterocycles. The summed E-state index contributed by atoms with van der Waals surface area (Å²) in [5.74, 6) is -0.0662. The van der Waals surface area contributed by atoms with E-state index < -0.39 is 10.0 Å². The second kappa shape index (κ2) is 6.49. The van der Waals surface area contributed by atoms with Crippen molar-refractivity contribution in [2.24, 2.45) is 0 Å². The van der Waals surface area contributed by atoms with Crippen molar-refractivity contribution >= 4 is 48.8 Å². The predicted octanol–water partition coefficient (Wildman–Crippen LogP) is 2.50. The molecule has 0 N–H and O–H groups in total. The number of nitrogens with zero attached hydrogens (tertiary/aromatic N) is 3. The number of hydrogen-bond acceptors (Lipinski definition) is 6. The minimum Gasteiger partial charge on any atom is -0.336 e. The lowest BCUT2D eigenvalue weighted by molar-refractivity contribution is 0.0698. The molecular formula is C16H15N3O3S3. The van der Waals surface area contributed by atoms with Crippen LogP contribution in [0.5, 0.6) is 0 Å². The smallest absolute Gasteiger partial charge is 0.253 e. The minimum atomic E-state index is -3.45. The molecule has 0 radical (unpaired) electrons. The van der Waals surface area contributed by atoms with Crippen LogP contribution in [0.1, 0.15) is 10.4 Å². The third kappa shape index (κ3) is 3.08. The Bertz CT molecular complexity index is 1000. The van der Waals surface area contributed by atoms with E-state index in [1.165, 1.54) is 27.0 Å². The van der Waals surface area contributed by atoms with Crippen molar-refractivity contribution in [1.29, 1.82) is 0 Å². The van der Waals surface area contributed by atoms with Gasteiger partial charge in [-0.05, 0) is 29.6 Å². The molecule has 25 heavy (non-hydrogen) atoms. The van der Waals surface area contributed by atoms with E-state index in [0.717, 1.165) is 10.2 Å². The van der Waals surface area contributed by atoms with Crippen LogP contribution in [-0.4, -0.2) is 54.7 Å². The number of piperazine rings is 1. The SMILES string of the molecule is O=C(c1ccc2ncsc2c1)N1CCN(S(=O)(=O)c2cccs2)CC1. The number of fused-ring (bicyclic) bond motifs is 1. The van der Waals surface area contributed by atoms with E-state index in [2.05, 4.69) is 4.98 Å². The first-order chi connectivity index (χ1) is 12.1. The van der Waals surface area contributed by atoms with Crippen LogP contribution in [0.2, 0.25) is 0 Å². The summed E-state index contributed by atoms with van der Waals surface area (Å²) < 4.78 is 27.9. The Kier molecular flexibility index (Phi) is 4.32. The standard InChI is InChI=1S/C16H15N3O3S3/c20-16(12-3-4-13-14(10-12)24-11-17-13)18-5-7-19(8-6-18)25(21,22)15-2-1-9-23-15/h1-4,9-11H,5-8H2. The number of benzene rings is 1. The topological polar surface area (TPSA) is 70.6 Å². The highest BCUT2D eigenvalue weighted by atomic mass is 32.2. The monoisotopic (exact) mass is 393 g/mol. The summed E-state index contributed by atoms with van der Waals surface area (Å²) in [5.41, 5.74) is 3.26. The first-order valence-corrected chi connectivity index (χ1v) is 10.9. The Hall–Kier alpha value is -1.81. The molecule has 9 heteroatoms. The number of hydrogen-bond donors (Lipinski definition) is 0. The van der Waals surface area contributed by atoms with Gasteiger partial charge in [-0.25, -0.2) is 13.4 Å². The van der Waals surface area contributed by atoms with E-state index in [1.807, 2.05) is 12.1 Å². The normalized spacial score (nSPS) is 16.4. The molecule has 3 aromatic rings. The molecule has 0 atom stereocenters. The number of carbonyl (C=O) groups is 1. The van der Waals surface area contributed by atoms with Crippen LogP contribution in [0.4, 0.5) is 0 Å². The van der Waals surface area contributed by atoms with Crippen molar-refractivity contribution in [3.63, 3.8) is 0 Å². The number of thiophene rings is 1. The van der Waals surface area contributed by atoms with Crippen molar-refractivity contribution in [1.82, 2.24) is 14.2 Å². The van der Waals surface area contributed by atoms with Crippen molar-refractivity contribution < 1.29 is 13.2 Å². The fourth-order valence-electron chi connectivity index (χ4n) is 2.84. The molecule has 130 valence electrons. The molecule has 2 aromatic heterocycles. The van der Waals surface area contributed by atoms with Crippen LogP contribution in [0.3, 0.4) is 0 Å². The number of rotatable bonds is 3. The molecule has 0 saturated carbocycles. The van der Waals surface area contributed by atoms with Crippen LogP contribution < -0.4 is 0 Å². The van der Waals surface area contributed by atoms with Gasteiger partial charge in [-0.3, -0.25) is 4.79 Å². The summed E-state index contributed by atoms with van der Waals surface area (Å²) in [6.45, 7) is 1.41. The molecule has 1 fully saturated rings. The summed E-state index contributed by atoms with van der Waals surface area (Å²) in [4.78, 5) is 18.6. The molecule has 0 aliphatic carbocycles. The van der Waals surface area contributed by atoms with Gasteiger partial charge >= 0.3 is 0 Å². The first kappa shape index (κ1) is 16.6. The van der Waals surface area contributed by atoms with Gasteiger partial charge in [0.15, 0.2) is 0 Å². The number of thiazole rings is 1. The number of sulfonamides is 1. The molecular weight excluding hydrogens is 378 g/mol. The maximum atomic E-state index is 12.7. The zero-order valence-electron chi connectivity index (χ0n) is 13.2. The van der Waals surface area contributed by atoms with Gasteiger partial charge in [-0.2, -0.15) is 4.31 Å². The Morgan fingerprint density at radius 2 is 1.88 bits per heavy atom. The van der Waals surface area contributed by atoms with Gasteiger partial charge in [0.1, 0.15) is 4.21 Å². The third-order valence-electron chi connectivity index (χ3n) is 4.19. The van der Waals surface area contributed by atoms with E-state index in [1.54, 1.807) is 34.0 Å². The fraction of sp³-hybridized carbons (Fsp3) is 0.250. The van der Waals surface area contributed by atoms with E-state index in [0.29, 0.717) is 36.0 Å². The van der Waals surface area contributed by atoms with Gasteiger partial charge in [0.05, 0.1) is 15.7 Å². The van der Waals surface area contributed by atoms with Crippen LogP contribution >= 0.6 is 22.7 Å². The number of aromatic nitrogens is 1. The fourth-order valence-corrected chi connectivity index (χ4v) is 6.12. The molecule has 0 bridgehead atoms. The third-order valence-corrected chi connectivity index (χ3v) is 8.26. The molecule has 1 aromatic carbocycles. The first-order valence-electron chi connectivity index (χ1n) is 7.72. The highest BCUT2D eigenvalue weighted by Crippen LogP contribution is 2.23. The number of carbonyl (C=O) groups excluding carboxylic acids is 1. The largest absolute Gasteiger partial charge is 0.336 e. The highest BCUT2D eigenvalue weighted by molar-refractivity contribution is 7.91. The molecule has 0 spiro atoms. The summed E-state index contributed by atoms with van der Waals surface area (Å²) in [7, 11) is -3.45. The molecule has 3 heterocycles. The second-order valence-corrected chi connectivity index (χ2v) is 9.66. The minimum absolute atomic E-state index is 0.0662. The van der Waals surface area contributed by atoms with Gasteiger partial charge in [-0.1, -0.05) is 6.07 Å². The predicted molar refractivity (Wildman–Crippen MR) is 98.6 cm³/mol. The van der Waals surface area contributed by atoms with E-state index in [-0.39, 0.29) is 5.91 Å². The Morgan fingerprint density at radius 3 is 2.60 bits per heavy atom. The highest BCUT2D eigenvalue weighted by Gasteiger charge is 2.31. The van der Waals surface area contributed by atoms with Gasteiger partial charge in [-0.15, -0.1) is 22.7 Å². The second-order valence-electron chi connectivity index (χ2n) is 5.66. The summed E-state index contributed by atoms with van der Waals surface area (Å²) >= 11 is 2.71. The molecule has 1 amide bonds. The summed E-state index contributed by atoms with van der Waals surface area (Å²) in [5, 5.41) is 1.75. The average Bonchev–Trinajstić information content (AvgIpc) is 3.32. The number of amides is 1. The maximum Gasteiger partial charge on any atom is 0.253 e. The zero-order valence-corrected chi connectivity index (χ0v) is 15.6. The Balaban J connectivity index is 1.47. The molecule has 1 aliphatic rings. The van der Waals surface area contributed by atoms with Crippen molar-refractivity contribution in [2.45, 2.75) is 4.21 Å². The van der Waals surface area contributed by atoms with Crippen LogP contribution in [0.25, 0.3) is 10.2 Å². The Labute approximate surface area is 153 Å². The van der Waals surface area contributed by atoms with E-state index in [4.69, 9.17) is 0 Å². The van der Waals surface area contributed by atoms with Crippen molar-refractivity contribution in [3.8, 4) is 0 Å². The Morgan fingerprint density at radius 1 is 1.08 bits per heavy atom. The van der Waals surface area contributed by atoms with Gasteiger partial charge in [0.25, 0.3) is 15.9 Å². The molecule has 1 saturated heterocycles. The molecule has 0 unspecified atom stereocenters. The van der Waals surface area contributed by atoms with E-state index >= 15 is 0 Å². The molecule has 4 rings (SSSR count). The summed E-state index contributed by atoms with van der Waals surface area (Å²) in [6.07, 6.45) is 0. The lowest BCUT2D eigenvalue weighted by Gasteiger charge is -2.33. The summed E-state index contributed by atoms with van der Waals surface area (Å²) in [6, 6.07) is 8.81. The van der Waals surface area contributed by atoms with Gasteiger partial charge < -0.3 is 4.90 Å². The maximum absolute atomic E-state index is 12.7. The average molecular weight is 394 g/mol. The van der Waals surface area contributed by atoms with Crippen LogP contribution in [0.15, 0.2) is 45.4 Å². The van der Waals surface area contributed by atoms with Gasteiger partial charge in [0.2, 0.25) is 0 Å².